The zero-order chi connectivity index (χ0) is 12.1. The van der Waals surface area contributed by atoms with Crippen LogP contribution in [-0.2, 0) is 4.79 Å². The van der Waals surface area contributed by atoms with Crippen molar-refractivity contribution in [3.63, 3.8) is 0 Å². The minimum Gasteiger partial charge on any atom is -0.326 e. The highest BCUT2D eigenvalue weighted by molar-refractivity contribution is 7.98. The number of thioether (sulfide) groups is 1. The maximum atomic E-state index is 11.8. The Hall–Kier alpha value is -0.710. The predicted octanol–water partition coefficient (Wildman–Crippen LogP) is 2.77. The first-order chi connectivity index (χ1) is 8.28. The minimum atomic E-state index is 0. The van der Waals surface area contributed by atoms with E-state index in [2.05, 4.69) is 10.6 Å². The van der Waals surface area contributed by atoms with E-state index in [1.807, 2.05) is 30.5 Å². The Morgan fingerprint density at radius 1 is 1.44 bits per heavy atom. The van der Waals surface area contributed by atoms with Crippen molar-refractivity contribution in [3.05, 3.63) is 24.3 Å². The van der Waals surface area contributed by atoms with Gasteiger partial charge in [-0.05, 0) is 55.9 Å². The number of benzene rings is 1. The third kappa shape index (κ3) is 4.52. The van der Waals surface area contributed by atoms with E-state index in [0.29, 0.717) is 12.3 Å². The lowest BCUT2D eigenvalue weighted by atomic mass is 10.0. The molecule has 1 aromatic carbocycles. The van der Waals surface area contributed by atoms with Crippen LogP contribution in [0.3, 0.4) is 0 Å². The zero-order valence-corrected chi connectivity index (χ0v) is 12.1. The lowest BCUT2D eigenvalue weighted by molar-refractivity contribution is -0.116. The fourth-order valence-corrected chi connectivity index (χ4v) is 2.45. The molecule has 0 spiro atoms. The molecular formula is C13H19ClN2OS. The summed E-state index contributed by atoms with van der Waals surface area (Å²) in [6.45, 7) is 2.01. The summed E-state index contributed by atoms with van der Waals surface area (Å²) < 4.78 is 0. The first-order valence-electron chi connectivity index (χ1n) is 5.92. The number of carbonyl (C=O) groups is 1. The second kappa shape index (κ2) is 7.67. The third-order valence-corrected chi connectivity index (χ3v) is 3.75. The van der Waals surface area contributed by atoms with Gasteiger partial charge in [-0.15, -0.1) is 24.2 Å². The van der Waals surface area contributed by atoms with E-state index in [1.54, 1.807) is 11.8 Å². The van der Waals surface area contributed by atoms with Gasteiger partial charge in [0, 0.05) is 17.0 Å². The summed E-state index contributed by atoms with van der Waals surface area (Å²) >= 11 is 1.70. The lowest BCUT2D eigenvalue weighted by Crippen LogP contribution is -2.18. The van der Waals surface area contributed by atoms with E-state index in [-0.39, 0.29) is 18.3 Å². The number of hydrogen-bond acceptors (Lipinski definition) is 3. The van der Waals surface area contributed by atoms with Crippen molar-refractivity contribution in [3.8, 4) is 0 Å². The van der Waals surface area contributed by atoms with E-state index in [1.165, 1.54) is 4.90 Å². The Kier molecular flexibility index (Phi) is 6.54. The molecule has 0 saturated carbocycles. The highest BCUT2D eigenvalue weighted by Gasteiger charge is 2.17. The largest absolute Gasteiger partial charge is 0.326 e. The zero-order valence-electron chi connectivity index (χ0n) is 10.4. The van der Waals surface area contributed by atoms with Crippen molar-refractivity contribution in [1.29, 1.82) is 0 Å². The molecule has 100 valence electrons. The van der Waals surface area contributed by atoms with Crippen LogP contribution in [0.1, 0.15) is 12.8 Å². The Balaban J connectivity index is 0.00000162. The van der Waals surface area contributed by atoms with Crippen molar-refractivity contribution in [2.75, 3.05) is 24.7 Å². The second-order valence-electron chi connectivity index (χ2n) is 4.34. The normalized spacial score (nSPS) is 18.2. The molecule has 1 saturated heterocycles. The molecule has 18 heavy (non-hydrogen) atoms. The molecule has 0 radical (unpaired) electrons. The van der Waals surface area contributed by atoms with E-state index < -0.39 is 0 Å². The molecule has 0 aromatic heterocycles. The summed E-state index contributed by atoms with van der Waals surface area (Å²) in [7, 11) is 0. The fraction of sp³-hybridized carbons (Fsp3) is 0.462. The SMILES string of the molecule is CSc1ccc(NC(=O)CC2CCNC2)cc1.Cl. The van der Waals surface area contributed by atoms with Crippen molar-refractivity contribution in [2.24, 2.45) is 5.92 Å². The smallest absolute Gasteiger partial charge is 0.224 e. The molecule has 1 fully saturated rings. The molecule has 0 bridgehead atoms. The molecule has 1 amide bonds. The molecule has 2 N–H and O–H groups in total. The summed E-state index contributed by atoms with van der Waals surface area (Å²) in [4.78, 5) is 13.0. The molecule has 1 aromatic rings. The van der Waals surface area contributed by atoms with Crippen LogP contribution in [0.15, 0.2) is 29.2 Å². The summed E-state index contributed by atoms with van der Waals surface area (Å²) in [6.07, 6.45) is 3.77. The number of hydrogen-bond donors (Lipinski definition) is 2. The van der Waals surface area contributed by atoms with E-state index in [4.69, 9.17) is 0 Å². The van der Waals surface area contributed by atoms with Crippen molar-refractivity contribution in [2.45, 2.75) is 17.7 Å². The van der Waals surface area contributed by atoms with Gasteiger partial charge in [0.25, 0.3) is 0 Å². The number of nitrogens with one attached hydrogen (secondary N) is 2. The van der Waals surface area contributed by atoms with E-state index in [9.17, 15) is 4.79 Å². The molecule has 1 unspecified atom stereocenters. The van der Waals surface area contributed by atoms with Gasteiger partial charge in [-0.3, -0.25) is 4.79 Å². The van der Waals surface area contributed by atoms with Gasteiger partial charge >= 0.3 is 0 Å². The van der Waals surface area contributed by atoms with Gasteiger partial charge in [0.05, 0.1) is 0 Å². The van der Waals surface area contributed by atoms with Crippen LogP contribution >= 0.6 is 24.2 Å². The number of rotatable bonds is 4. The van der Waals surface area contributed by atoms with Crippen molar-refractivity contribution in [1.82, 2.24) is 5.32 Å². The molecule has 1 heterocycles. The van der Waals surface area contributed by atoms with Crippen LogP contribution in [0.4, 0.5) is 5.69 Å². The van der Waals surface area contributed by atoms with Crippen molar-refractivity contribution >= 4 is 35.8 Å². The Bertz CT molecular complexity index is 377. The van der Waals surface area contributed by atoms with E-state index in [0.717, 1.165) is 25.2 Å². The van der Waals surface area contributed by atoms with Gasteiger partial charge in [0.2, 0.25) is 5.91 Å². The van der Waals surface area contributed by atoms with Gasteiger partial charge in [0.1, 0.15) is 0 Å². The maximum Gasteiger partial charge on any atom is 0.224 e. The molecule has 1 aliphatic heterocycles. The number of anilines is 1. The molecule has 5 heteroatoms. The van der Waals surface area contributed by atoms with E-state index >= 15 is 0 Å². The molecule has 1 atom stereocenters. The second-order valence-corrected chi connectivity index (χ2v) is 5.22. The first-order valence-corrected chi connectivity index (χ1v) is 7.15. The third-order valence-electron chi connectivity index (χ3n) is 3.01. The maximum absolute atomic E-state index is 11.8. The highest BCUT2D eigenvalue weighted by Crippen LogP contribution is 2.18. The fourth-order valence-electron chi connectivity index (χ4n) is 2.04. The molecule has 1 aliphatic rings. The quantitative estimate of drug-likeness (QED) is 0.836. The standard InChI is InChI=1S/C13H18N2OS.ClH/c1-17-12-4-2-11(3-5-12)15-13(16)8-10-6-7-14-9-10;/h2-5,10,14H,6-9H2,1H3,(H,15,16);1H. The average molecular weight is 287 g/mol. The van der Waals surface area contributed by atoms with Crippen LogP contribution in [0, 0.1) is 5.92 Å². The predicted molar refractivity (Wildman–Crippen MR) is 79.7 cm³/mol. The van der Waals surface area contributed by atoms with Crippen LogP contribution in [-0.4, -0.2) is 25.3 Å². The number of amides is 1. The number of halogens is 1. The Morgan fingerprint density at radius 3 is 2.72 bits per heavy atom. The molecule has 3 nitrogen and oxygen atoms in total. The first kappa shape index (κ1) is 15.3. The Labute approximate surface area is 119 Å². The van der Waals surface area contributed by atoms with Gasteiger partial charge < -0.3 is 10.6 Å². The highest BCUT2D eigenvalue weighted by atomic mass is 35.5. The van der Waals surface area contributed by atoms with Crippen LogP contribution in [0.5, 0.6) is 0 Å². The molecule has 2 rings (SSSR count). The number of carbonyl (C=O) groups excluding carboxylic acids is 1. The lowest BCUT2D eigenvalue weighted by Gasteiger charge is -2.09. The monoisotopic (exact) mass is 286 g/mol. The van der Waals surface area contributed by atoms with Gasteiger partial charge in [-0.2, -0.15) is 0 Å². The summed E-state index contributed by atoms with van der Waals surface area (Å²) in [6, 6.07) is 7.96. The van der Waals surface area contributed by atoms with Crippen molar-refractivity contribution < 1.29 is 4.79 Å². The van der Waals surface area contributed by atoms with Gasteiger partial charge in [0.15, 0.2) is 0 Å². The average Bonchev–Trinajstić information content (AvgIpc) is 2.82. The summed E-state index contributed by atoms with van der Waals surface area (Å²) in [5, 5.41) is 6.22. The van der Waals surface area contributed by atoms with Gasteiger partial charge in [-0.25, -0.2) is 0 Å². The summed E-state index contributed by atoms with van der Waals surface area (Å²) in [5.74, 6) is 0.621. The van der Waals surface area contributed by atoms with Crippen LogP contribution < -0.4 is 10.6 Å². The van der Waals surface area contributed by atoms with Gasteiger partial charge in [-0.1, -0.05) is 0 Å². The molecular weight excluding hydrogens is 268 g/mol. The minimum absolute atomic E-state index is 0. The van der Waals surface area contributed by atoms with Crippen LogP contribution in [0.2, 0.25) is 0 Å². The topological polar surface area (TPSA) is 41.1 Å². The molecule has 0 aliphatic carbocycles. The summed E-state index contributed by atoms with van der Waals surface area (Å²) in [5.41, 5.74) is 0.888. The Morgan fingerprint density at radius 2 is 2.17 bits per heavy atom. The van der Waals surface area contributed by atoms with Crippen LogP contribution in [0.25, 0.3) is 0 Å².